The number of hydrogen-bond donors (Lipinski definition) is 2. The highest BCUT2D eigenvalue weighted by molar-refractivity contribution is 14.0. The van der Waals surface area contributed by atoms with Gasteiger partial charge in [-0.3, -0.25) is 4.99 Å². The molecule has 1 aromatic carbocycles. The van der Waals surface area contributed by atoms with Crippen LogP contribution in [0.1, 0.15) is 39.2 Å². The fourth-order valence-electron chi connectivity index (χ4n) is 2.37. The first-order chi connectivity index (χ1) is 11.9. The normalized spacial score (nSPS) is 12.7. The van der Waals surface area contributed by atoms with Crippen LogP contribution >= 0.6 is 24.0 Å². The smallest absolute Gasteiger partial charge is 0.191 e. The summed E-state index contributed by atoms with van der Waals surface area (Å²) < 4.78 is 5.93. The molecular formula is C20H37IN4O. The van der Waals surface area contributed by atoms with Crippen molar-refractivity contribution in [3.8, 4) is 5.75 Å². The molecule has 0 aliphatic heterocycles. The van der Waals surface area contributed by atoms with Crippen molar-refractivity contribution in [3.63, 3.8) is 0 Å². The summed E-state index contributed by atoms with van der Waals surface area (Å²) in [5, 5.41) is 6.69. The van der Waals surface area contributed by atoms with E-state index in [1.807, 2.05) is 12.1 Å². The molecule has 0 aliphatic rings. The van der Waals surface area contributed by atoms with E-state index in [-0.39, 0.29) is 30.1 Å². The Labute approximate surface area is 177 Å². The Hall–Kier alpha value is -1.02. The first-order valence-corrected chi connectivity index (χ1v) is 9.30. The van der Waals surface area contributed by atoms with Crippen molar-refractivity contribution in [3.05, 3.63) is 29.8 Å². The number of halogens is 1. The van der Waals surface area contributed by atoms with Crippen LogP contribution < -0.4 is 15.4 Å². The molecule has 0 saturated carbocycles. The van der Waals surface area contributed by atoms with E-state index in [2.05, 4.69) is 67.4 Å². The van der Waals surface area contributed by atoms with Gasteiger partial charge in [0.25, 0.3) is 0 Å². The molecule has 26 heavy (non-hydrogen) atoms. The first-order valence-electron chi connectivity index (χ1n) is 9.30. The maximum Gasteiger partial charge on any atom is 0.191 e. The van der Waals surface area contributed by atoms with Crippen LogP contribution in [0.4, 0.5) is 0 Å². The number of aryl methyl sites for hydroxylation is 1. The lowest BCUT2D eigenvalue weighted by atomic mass is 10.2. The number of aliphatic imine (C=N–C) groups is 1. The average Bonchev–Trinajstić information content (AvgIpc) is 2.57. The predicted octanol–water partition coefficient (Wildman–Crippen LogP) is 3.67. The standard InChI is InChI=1S/C20H36N4O.HI/c1-16(2)24(6)13-8-7-12-22-20(21-5)23-15-18(4)25-19-11-9-10-17(3)14-19;/h9-11,14,16,18H,7-8,12-13,15H2,1-6H3,(H2,21,22,23);1H. The van der Waals surface area contributed by atoms with Crippen LogP contribution in [0.2, 0.25) is 0 Å². The van der Waals surface area contributed by atoms with Gasteiger partial charge in [0, 0.05) is 19.6 Å². The van der Waals surface area contributed by atoms with E-state index in [0.29, 0.717) is 12.6 Å². The number of unbranched alkanes of at least 4 members (excludes halogenated alkanes) is 1. The van der Waals surface area contributed by atoms with Crippen LogP contribution in [0, 0.1) is 6.92 Å². The minimum atomic E-state index is 0. The molecule has 0 fully saturated rings. The molecule has 2 N–H and O–H groups in total. The van der Waals surface area contributed by atoms with Gasteiger partial charge in [-0.05, 0) is 71.8 Å². The van der Waals surface area contributed by atoms with Crippen LogP contribution in [0.5, 0.6) is 5.75 Å². The summed E-state index contributed by atoms with van der Waals surface area (Å²) in [6, 6.07) is 8.74. The highest BCUT2D eigenvalue weighted by Gasteiger charge is 2.06. The Balaban J connectivity index is 0.00000625. The van der Waals surface area contributed by atoms with Crippen molar-refractivity contribution in [1.29, 1.82) is 0 Å². The van der Waals surface area contributed by atoms with Gasteiger partial charge < -0.3 is 20.3 Å². The molecule has 1 rings (SSSR count). The van der Waals surface area contributed by atoms with Gasteiger partial charge in [-0.25, -0.2) is 0 Å². The third-order valence-electron chi connectivity index (χ3n) is 4.22. The van der Waals surface area contributed by atoms with Gasteiger partial charge in [-0.15, -0.1) is 24.0 Å². The second-order valence-corrected chi connectivity index (χ2v) is 6.91. The molecule has 0 aliphatic carbocycles. The zero-order valence-electron chi connectivity index (χ0n) is 17.2. The van der Waals surface area contributed by atoms with Crippen molar-refractivity contribution in [2.24, 2.45) is 4.99 Å². The molecule has 0 amide bonds. The highest BCUT2D eigenvalue weighted by Crippen LogP contribution is 2.13. The average molecular weight is 476 g/mol. The van der Waals surface area contributed by atoms with E-state index in [1.165, 1.54) is 12.0 Å². The number of hydrogen-bond acceptors (Lipinski definition) is 3. The van der Waals surface area contributed by atoms with Gasteiger partial charge in [0.1, 0.15) is 11.9 Å². The fraction of sp³-hybridized carbons (Fsp3) is 0.650. The minimum Gasteiger partial charge on any atom is -0.489 e. The number of ether oxygens (including phenoxy) is 1. The van der Waals surface area contributed by atoms with E-state index in [9.17, 15) is 0 Å². The molecule has 0 heterocycles. The van der Waals surface area contributed by atoms with Crippen LogP contribution in [0.15, 0.2) is 29.3 Å². The summed E-state index contributed by atoms with van der Waals surface area (Å²) in [5.41, 5.74) is 1.21. The number of guanidine groups is 1. The van der Waals surface area contributed by atoms with Gasteiger partial charge >= 0.3 is 0 Å². The lowest BCUT2D eigenvalue weighted by Gasteiger charge is -2.21. The highest BCUT2D eigenvalue weighted by atomic mass is 127. The molecule has 0 spiro atoms. The molecule has 1 unspecified atom stereocenters. The molecule has 0 saturated heterocycles. The Morgan fingerprint density at radius 3 is 2.54 bits per heavy atom. The molecule has 0 bridgehead atoms. The van der Waals surface area contributed by atoms with Crippen LogP contribution in [-0.4, -0.2) is 56.7 Å². The molecule has 0 radical (unpaired) electrons. The summed E-state index contributed by atoms with van der Waals surface area (Å²) in [4.78, 5) is 6.64. The van der Waals surface area contributed by atoms with Crippen LogP contribution in [-0.2, 0) is 0 Å². The molecule has 6 heteroatoms. The number of nitrogens with zero attached hydrogens (tertiary/aromatic N) is 2. The Morgan fingerprint density at radius 2 is 1.92 bits per heavy atom. The predicted molar refractivity (Wildman–Crippen MR) is 123 cm³/mol. The largest absolute Gasteiger partial charge is 0.489 e. The summed E-state index contributed by atoms with van der Waals surface area (Å²) >= 11 is 0. The van der Waals surface area contributed by atoms with Crippen molar-refractivity contribution in [2.45, 2.75) is 52.7 Å². The SMILES string of the molecule is CN=C(NCCCCN(C)C(C)C)NCC(C)Oc1cccc(C)c1.I. The van der Waals surface area contributed by atoms with Gasteiger partial charge in [0.05, 0.1) is 6.54 Å². The van der Waals surface area contributed by atoms with Crippen molar-refractivity contribution in [1.82, 2.24) is 15.5 Å². The zero-order valence-corrected chi connectivity index (χ0v) is 19.5. The molecule has 1 atom stereocenters. The van der Waals surface area contributed by atoms with E-state index in [1.54, 1.807) is 7.05 Å². The fourth-order valence-corrected chi connectivity index (χ4v) is 2.37. The third kappa shape index (κ3) is 10.9. The Bertz CT molecular complexity index is 522. The van der Waals surface area contributed by atoms with Crippen molar-refractivity contribution >= 4 is 29.9 Å². The van der Waals surface area contributed by atoms with E-state index in [4.69, 9.17) is 4.74 Å². The number of nitrogens with one attached hydrogen (secondary N) is 2. The number of rotatable bonds is 10. The lowest BCUT2D eigenvalue weighted by Crippen LogP contribution is -2.42. The maximum atomic E-state index is 5.93. The van der Waals surface area contributed by atoms with E-state index < -0.39 is 0 Å². The summed E-state index contributed by atoms with van der Waals surface area (Å²) in [6.45, 7) is 11.4. The zero-order chi connectivity index (χ0) is 18.7. The first kappa shape index (κ1) is 25.0. The number of benzene rings is 1. The molecule has 150 valence electrons. The lowest BCUT2D eigenvalue weighted by molar-refractivity contribution is 0.223. The molecule has 1 aromatic rings. The monoisotopic (exact) mass is 476 g/mol. The van der Waals surface area contributed by atoms with Gasteiger partial charge in [-0.1, -0.05) is 12.1 Å². The van der Waals surface area contributed by atoms with E-state index in [0.717, 1.165) is 31.2 Å². The van der Waals surface area contributed by atoms with Gasteiger partial charge in [0.2, 0.25) is 0 Å². The molecule has 5 nitrogen and oxygen atoms in total. The Morgan fingerprint density at radius 1 is 1.19 bits per heavy atom. The third-order valence-corrected chi connectivity index (χ3v) is 4.22. The summed E-state index contributed by atoms with van der Waals surface area (Å²) in [7, 11) is 3.97. The van der Waals surface area contributed by atoms with Gasteiger partial charge in [0.15, 0.2) is 5.96 Å². The quantitative estimate of drug-likeness (QED) is 0.234. The topological polar surface area (TPSA) is 48.9 Å². The van der Waals surface area contributed by atoms with Crippen LogP contribution in [0.3, 0.4) is 0 Å². The summed E-state index contributed by atoms with van der Waals surface area (Å²) in [5.74, 6) is 1.74. The van der Waals surface area contributed by atoms with Crippen LogP contribution in [0.25, 0.3) is 0 Å². The second kappa shape index (κ2) is 14.1. The van der Waals surface area contributed by atoms with Gasteiger partial charge in [-0.2, -0.15) is 0 Å². The van der Waals surface area contributed by atoms with E-state index >= 15 is 0 Å². The van der Waals surface area contributed by atoms with Crippen molar-refractivity contribution in [2.75, 3.05) is 33.7 Å². The molecular weight excluding hydrogens is 439 g/mol. The molecule has 0 aromatic heterocycles. The minimum absolute atomic E-state index is 0. The van der Waals surface area contributed by atoms with Crippen molar-refractivity contribution < 1.29 is 4.74 Å². The Kier molecular flexibility index (Phi) is 13.5. The second-order valence-electron chi connectivity index (χ2n) is 6.91. The summed E-state index contributed by atoms with van der Waals surface area (Å²) in [6.07, 6.45) is 2.39. The maximum absolute atomic E-state index is 5.93.